The number of amides is 2. The van der Waals surface area contributed by atoms with Crippen LogP contribution in [0.15, 0.2) is 12.1 Å². The van der Waals surface area contributed by atoms with E-state index in [2.05, 4.69) is 6.92 Å². The second-order valence-corrected chi connectivity index (χ2v) is 7.57. The molecule has 0 bridgehead atoms. The van der Waals surface area contributed by atoms with Crippen LogP contribution in [0.2, 0.25) is 5.02 Å². The smallest absolute Gasteiger partial charge is 0.254 e. The highest BCUT2D eigenvalue weighted by molar-refractivity contribution is 6.32. The maximum absolute atomic E-state index is 12.9. The van der Waals surface area contributed by atoms with Gasteiger partial charge in [0, 0.05) is 38.2 Å². The number of carbonyl (C=O) groups excluding carboxylic acids is 2. The zero-order valence-corrected chi connectivity index (χ0v) is 16.8. The number of likely N-dealkylation sites (tertiary alicyclic amines) is 1. The molecule has 1 saturated heterocycles. The number of hydrogen-bond acceptors (Lipinski definition) is 4. The second kappa shape index (κ2) is 8.83. The van der Waals surface area contributed by atoms with Gasteiger partial charge < -0.3 is 19.3 Å². The first-order valence-corrected chi connectivity index (χ1v) is 10.0. The lowest BCUT2D eigenvalue weighted by molar-refractivity contribution is -0.135. The Morgan fingerprint density at radius 3 is 2.63 bits per heavy atom. The van der Waals surface area contributed by atoms with Crippen molar-refractivity contribution in [3.8, 4) is 11.5 Å². The van der Waals surface area contributed by atoms with E-state index in [0.717, 1.165) is 19.4 Å². The Morgan fingerprint density at radius 1 is 1.22 bits per heavy atom. The number of halogens is 1. The number of benzene rings is 1. The molecule has 0 spiro atoms. The fourth-order valence-corrected chi connectivity index (χ4v) is 3.83. The lowest BCUT2D eigenvalue weighted by Crippen LogP contribution is -2.43. The van der Waals surface area contributed by atoms with Crippen LogP contribution in [0.25, 0.3) is 0 Å². The highest BCUT2D eigenvalue weighted by atomic mass is 35.5. The fraction of sp³-hybridized carbons (Fsp3) is 0.600. The Labute approximate surface area is 165 Å². The fourth-order valence-electron chi connectivity index (χ4n) is 3.56. The minimum Gasteiger partial charge on any atom is -0.486 e. The molecule has 0 aromatic heterocycles. The molecule has 7 heteroatoms. The highest BCUT2D eigenvalue weighted by Crippen LogP contribution is 2.38. The van der Waals surface area contributed by atoms with Crippen molar-refractivity contribution in [2.24, 2.45) is 5.92 Å². The molecule has 27 heavy (non-hydrogen) atoms. The van der Waals surface area contributed by atoms with Crippen molar-refractivity contribution in [3.63, 3.8) is 0 Å². The molecule has 148 valence electrons. The number of nitrogens with zero attached hydrogens (tertiary/aromatic N) is 2. The molecule has 0 atom stereocenters. The molecule has 0 aliphatic carbocycles. The normalized spacial score (nSPS) is 16.9. The van der Waals surface area contributed by atoms with Crippen molar-refractivity contribution >= 4 is 23.4 Å². The average Bonchev–Trinajstić information content (AvgIpc) is 2.71. The van der Waals surface area contributed by atoms with Crippen LogP contribution < -0.4 is 9.47 Å². The molecular formula is C20H27ClN2O4. The van der Waals surface area contributed by atoms with Gasteiger partial charge in [0.25, 0.3) is 5.91 Å². The molecule has 1 fully saturated rings. The Morgan fingerprint density at radius 2 is 1.93 bits per heavy atom. The summed E-state index contributed by atoms with van der Waals surface area (Å²) < 4.78 is 11.1. The molecule has 2 aliphatic heterocycles. The van der Waals surface area contributed by atoms with Gasteiger partial charge in [-0.25, -0.2) is 0 Å². The van der Waals surface area contributed by atoms with E-state index in [9.17, 15) is 9.59 Å². The van der Waals surface area contributed by atoms with E-state index in [4.69, 9.17) is 21.1 Å². The predicted octanol–water partition coefficient (Wildman–Crippen LogP) is 3.22. The van der Waals surface area contributed by atoms with Gasteiger partial charge in [-0.1, -0.05) is 24.9 Å². The second-order valence-electron chi connectivity index (χ2n) is 7.16. The monoisotopic (exact) mass is 394 g/mol. The summed E-state index contributed by atoms with van der Waals surface area (Å²) in [5, 5.41) is 0.387. The third-order valence-corrected chi connectivity index (χ3v) is 5.48. The molecule has 3 rings (SSSR count). The number of hydrogen-bond donors (Lipinski definition) is 0. The van der Waals surface area contributed by atoms with Gasteiger partial charge in [0.2, 0.25) is 5.91 Å². The summed E-state index contributed by atoms with van der Waals surface area (Å²) in [5.74, 6) is 1.12. The third kappa shape index (κ3) is 4.49. The topological polar surface area (TPSA) is 59.1 Å². The van der Waals surface area contributed by atoms with Crippen LogP contribution in [0.3, 0.4) is 0 Å². The first-order chi connectivity index (χ1) is 13.0. The number of carbonyl (C=O) groups is 2. The average molecular weight is 395 g/mol. The molecule has 2 aliphatic rings. The van der Waals surface area contributed by atoms with Crippen molar-refractivity contribution in [3.05, 3.63) is 22.7 Å². The van der Waals surface area contributed by atoms with Gasteiger partial charge in [-0.15, -0.1) is 0 Å². The summed E-state index contributed by atoms with van der Waals surface area (Å²) in [6, 6.07) is 3.33. The Hall–Kier alpha value is -1.95. The minimum absolute atomic E-state index is 0.000222. The van der Waals surface area contributed by atoms with Crippen LogP contribution in [0.5, 0.6) is 11.5 Å². The molecule has 2 amide bonds. The molecule has 1 aromatic carbocycles. The van der Waals surface area contributed by atoms with Gasteiger partial charge in [0.1, 0.15) is 13.2 Å². The predicted molar refractivity (Wildman–Crippen MR) is 104 cm³/mol. The minimum atomic E-state index is -0.0842. The van der Waals surface area contributed by atoms with Crippen LogP contribution in [-0.2, 0) is 4.79 Å². The highest BCUT2D eigenvalue weighted by Gasteiger charge is 2.30. The number of rotatable bonds is 5. The number of unbranched alkanes of at least 4 members (excludes halogenated alkanes) is 1. The van der Waals surface area contributed by atoms with Gasteiger partial charge in [-0.2, -0.15) is 0 Å². The summed E-state index contributed by atoms with van der Waals surface area (Å²) in [6.45, 7) is 4.96. The van der Waals surface area contributed by atoms with E-state index >= 15 is 0 Å². The summed E-state index contributed by atoms with van der Waals surface area (Å²) in [6.07, 6.45) is 3.48. The van der Waals surface area contributed by atoms with Crippen molar-refractivity contribution in [2.45, 2.75) is 32.6 Å². The molecule has 0 saturated carbocycles. The van der Waals surface area contributed by atoms with Gasteiger partial charge in [-0.05, 0) is 31.4 Å². The number of ether oxygens (including phenoxy) is 2. The van der Waals surface area contributed by atoms with Crippen LogP contribution in [-0.4, -0.2) is 61.5 Å². The van der Waals surface area contributed by atoms with Crippen LogP contribution >= 0.6 is 11.6 Å². The lowest BCUT2D eigenvalue weighted by atomic mass is 9.94. The van der Waals surface area contributed by atoms with E-state index in [1.165, 1.54) is 0 Å². The molecule has 6 nitrogen and oxygen atoms in total. The van der Waals surface area contributed by atoms with Crippen LogP contribution in [0, 0.1) is 5.92 Å². The zero-order chi connectivity index (χ0) is 19.4. The quantitative estimate of drug-likeness (QED) is 0.769. The first-order valence-electron chi connectivity index (χ1n) is 9.64. The van der Waals surface area contributed by atoms with E-state index in [1.54, 1.807) is 17.0 Å². The maximum Gasteiger partial charge on any atom is 0.254 e. The molecule has 2 heterocycles. The molecular weight excluding hydrogens is 368 g/mol. The SMILES string of the molecule is CCCCN(C)C(=O)C1CCN(C(=O)c2cc(Cl)c3c(c2)OCCO3)CC1. The van der Waals surface area contributed by atoms with Gasteiger partial charge in [-0.3, -0.25) is 9.59 Å². The Balaban J connectivity index is 1.60. The van der Waals surface area contributed by atoms with Gasteiger partial charge in [0.15, 0.2) is 11.5 Å². The third-order valence-electron chi connectivity index (χ3n) is 5.20. The molecule has 0 unspecified atom stereocenters. The first kappa shape index (κ1) is 19.8. The summed E-state index contributed by atoms with van der Waals surface area (Å²) in [5.41, 5.74) is 0.495. The number of piperidine rings is 1. The zero-order valence-electron chi connectivity index (χ0n) is 16.0. The van der Waals surface area contributed by atoms with E-state index < -0.39 is 0 Å². The van der Waals surface area contributed by atoms with Crippen LogP contribution in [0.1, 0.15) is 43.0 Å². The standard InChI is InChI=1S/C20H27ClN2O4/c1-3-4-7-22(2)19(24)14-5-8-23(9-6-14)20(25)15-12-16(21)18-17(13-15)26-10-11-27-18/h12-14H,3-11H2,1-2H3. The molecule has 0 N–H and O–H groups in total. The largest absolute Gasteiger partial charge is 0.486 e. The van der Waals surface area contributed by atoms with Gasteiger partial charge in [0.05, 0.1) is 5.02 Å². The van der Waals surface area contributed by atoms with Crippen molar-refractivity contribution in [1.29, 1.82) is 0 Å². The van der Waals surface area contributed by atoms with Crippen molar-refractivity contribution in [1.82, 2.24) is 9.80 Å². The summed E-state index contributed by atoms with van der Waals surface area (Å²) >= 11 is 6.25. The lowest BCUT2D eigenvalue weighted by Gasteiger charge is -2.33. The number of fused-ring (bicyclic) bond motifs is 1. The summed E-state index contributed by atoms with van der Waals surface area (Å²) in [7, 11) is 1.87. The van der Waals surface area contributed by atoms with Gasteiger partial charge >= 0.3 is 0 Å². The van der Waals surface area contributed by atoms with E-state index in [0.29, 0.717) is 61.2 Å². The Bertz CT molecular complexity index is 701. The molecule has 1 aromatic rings. The van der Waals surface area contributed by atoms with Crippen LogP contribution in [0.4, 0.5) is 0 Å². The maximum atomic E-state index is 12.9. The molecule has 0 radical (unpaired) electrons. The summed E-state index contributed by atoms with van der Waals surface area (Å²) in [4.78, 5) is 29.0. The van der Waals surface area contributed by atoms with E-state index in [-0.39, 0.29) is 17.7 Å². The van der Waals surface area contributed by atoms with Crippen molar-refractivity contribution < 1.29 is 19.1 Å². The van der Waals surface area contributed by atoms with E-state index in [1.807, 2.05) is 11.9 Å². The Kier molecular flexibility index (Phi) is 6.47. The van der Waals surface area contributed by atoms with Crippen molar-refractivity contribution in [2.75, 3.05) is 39.9 Å².